The van der Waals surface area contributed by atoms with Crippen LogP contribution in [-0.2, 0) is 14.8 Å². The standard InChI is InChI=1S/C22H28FN3O6S.Na/c1-13(2)20-18(10-9-16(27)11-17(28)12-19(29)30)21(14-5-7-15(23)8-6-14)25-22(24-20)26(3)33(4,31)32;/h5-10,13,16-17,27-28H,11-12H2,1-4H3,(H,29,30);/q;+1/p-1/b10-9+;/t16?,17-;/m1./s1. The number of hydrogen-bond acceptors (Lipinski definition) is 8. The Labute approximate surface area is 220 Å². The largest absolute Gasteiger partial charge is 1.00 e. The molecule has 2 atom stereocenters. The number of rotatable bonds is 10. The Morgan fingerprint density at radius 1 is 1.21 bits per heavy atom. The maximum atomic E-state index is 13.5. The van der Waals surface area contributed by atoms with E-state index in [4.69, 9.17) is 0 Å². The fourth-order valence-electron chi connectivity index (χ4n) is 3.04. The molecule has 0 amide bonds. The number of carboxylic acids is 1. The molecule has 2 rings (SSSR count). The van der Waals surface area contributed by atoms with Gasteiger partial charge in [-0.2, -0.15) is 0 Å². The molecule has 0 spiro atoms. The molecule has 0 saturated heterocycles. The molecule has 34 heavy (non-hydrogen) atoms. The van der Waals surface area contributed by atoms with Crippen molar-refractivity contribution in [2.24, 2.45) is 0 Å². The molecule has 0 radical (unpaired) electrons. The van der Waals surface area contributed by atoms with Gasteiger partial charge in [-0.15, -0.1) is 0 Å². The van der Waals surface area contributed by atoms with Crippen molar-refractivity contribution in [2.45, 2.75) is 44.8 Å². The van der Waals surface area contributed by atoms with E-state index in [-0.39, 0.29) is 47.8 Å². The van der Waals surface area contributed by atoms with Crippen molar-refractivity contribution >= 4 is 28.0 Å². The van der Waals surface area contributed by atoms with Crippen LogP contribution in [0.2, 0.25) is 0 Å². The van der Waals surface area contributed by atoms with Gasteiger partial charge >= 0.3 is 29.6 Å². The van der Waals surface area contributed by atoms with Gasteiger partial charge in [0.1, 0.15) is 5.82 Å². The van der Waals surface area contributed by atoms with Crippen LogP contribution in [0, 0.1) is 5.82 Å². The molecule has 0 fully saturated rings. The van der Waals surface area contributed by atoms with E-state index in [2.05, 4.69) is 9.97 Å². The van der Waals surface area contributed by atoms with Gasteiger partial charge in [0.15, 0.2) is 0 Å². The van der Waals surface area contributed by atoms with Crippen LogP contribution in [0.1, 0.15) is 43.9 Å². The average molecular weight is 504 g/mol. The van der Waals surface area contributed by atoms with Gasteiger partial charge in [-0.05, 0) is 30.2 Å². The number of benzene rings is 1. The molecule has 1 unspecified atom stereocenters. The first-order chi connectivity index (χ1) is 15.3. The third kappa shape index (κ3) is 8.40. The van der Waals surface area contributed by atoms with Gasteiger partial charge in [0, 0.05) is 37.0 Å². The van der Waals surface area contributed by atoms with E-state index in [1.54, 1.807) is 0 Å². The number of carbonyl (C=O) groups excluding carboxylic acids is 1. The number of aliphatic hydroxyl groups excluding tert-OH is 2. The Morgan fingerprint density at radius 3 is 2.29 bits per heavy atom. The molecule has 9 nitrogen and oxygen atoms in total. The number of hydrogen-bond donors (Lipinski definition) is 2. The maximum absolute atomic E-state index is 13.5. The van der Waals surface area contributed by atoms with Gasteiger partial charge in [-0.1, -0.05) is 26.0 Å². The van der Waals surface area contributed by atoms with Gasteiger partial charge < -0.3 is 20.1 Å². The second-order valence-electron chi connectivity index (χ2n) is 7.96. The summed E-state index contributed by atoms with van der Waals surface area (Å²) in [6, 6.07) is 5.46. The summed E-state index contributed by atoms with van der Waals surface area (Å²) in [5, 5.41) is 30.6. The number of aliphatic hydroxyl groups is 2. The van der Waals surface area contributed by atoms with Gasteiger partial charge in [-0.25, -0.2) is 27.1 Å². The number of nitrogens with zero attached hydrogens (tertiary/aromatic N) is 3. The molecule has 1 aromatic carbocycles. The third-order valence-electron chi connectivity index (χ3n) is 4.81. The normalized spacial score (nSPS) is 13.5. The summed E-state index contributed by atoms with van der Waals surface area (Å²) in [6.07, 6.45) is 0.578. The molecule has 0 bridgehead atoms. The number of aromatic nitrogens is 2. The number of carbonyl (C=O) groups is 1. The van der Waals surface area contributed by atoms with Crippen molar-refractivity contribution in [3.05, 3.63) is 47.4 Å². The second kappa shape index (κ2) is 12.7. The Hall–Kier alpha value is -1.89. The first kappa shape index (κ1) is 30.1. The van der Waals surface area contributed by atoms with Gasteiger partial charge in [-0.3, -0.25) is 0 Å². The zero-order chi connectivity index (χ0) is 24.9. The summed E-state index contributed by atoms with van der Waals surface area (Å²) >= 11 is 0. The van der Waals surface area contributed by atoms with Crippen molar-refractivity contribution in [3.8, 4) is 11.3 Å². The molecule has 0 aliphatic rings. The summed E-state index contributed by atoms with van der Waals surface area (Å²) in [7, 11) is -2.34. The number of carboxylic acid groups (broad SMARTS) is 1. The minimum atomic E-state index is -3.66. The van der Waals surface area contributed by atoms with Gasteiger partial charge in [0.25, 0.3) is 0 Å². The first-order valence-electron chi connectivity index (χ1n) is 10.2. The molecule has 12 heteroatoms. The van der Waals surface area contributed by atoms with Crippen LogP contribution in [0.4, 0.5) is 10.3 Å². The minimum absolute atomic E-state index is 0. The topological polar surface area (TPSA) is 144 Å². The summed E-state index contributed by atoms with van der Waals surface area (Å²) in [4.78, 5) is 19.4. The Kier molecular flexibility index (Phi) is 11.3. The van der Waals surface area contributed by atoms with E-state index in [1.807, 2.05) is 13.8 Å². The maximum Gasteiger partial charge on any atom is 1.00 e. The van der Waals surface area contributed by atoms with E-state index in [0.29, 0.717) is 22.5 Å². The molecule has 0 aliphatic carbocycles. The van der Waals surface area contributed by atoms with Gasteiger partial charge in [0.05, 0.1) is 29.9 Å². The van der Waals surface area contributed by atoms with Crippen molar-refractivity contribution in [1.29, 1.82) is 0 Å². The van der Waals surface area contributed by atoms with Crippen LogP contribution in [0.3, 0.4) is 0 Å². The summed E-state index contributed by atoms with van der Waals surface area (Å²) in [5.41, 5.74) is 1.76. The SMILES string of the molecule is CC(C)c1nc(N(C)S(C)(=O)=O)nc(-c2ccc(F)cc2)c1/C=C/C(O)C[C@@H](O)CC(=O)[O-].[Na+]. The van der Waals surface area contributed by atoms with Crippen molar-refractivity contribution in [3.63, 3.8) is 0 Å². The van der Waals surface area contributed by atoms with Crippen molar-refractivity contribution in [1.82, 2.24) is 9.97 Å². The predicted molar refractivity (Wildman–Crippen MR) is 120 cm³/mol. The molecule has 0 aliphatic heterocycles. The Morgan fingerprint density at radius 2 is 1.79 bits per heavy atom. The quantitative estimate of drug-likeness (QED) is 0.357. The molecular formula is C22H27FN3NaO6S. The number of halogens is 1. The smallest absolute Gasteiger partial charge is 0.550 e. The van der Waals surface area contributed by atoms with Crippen LogP contribution >= 0.6 is 0 Å². The Balaban J connectivity index is 0.00000578. The molecule has 2 N–H and O–H groups in total. The van der Waals surface area contributed by atoms with Crippen LogP contribution in [0.15, 0.2) is 30.3 Å². The van der Waals surface area contributed by atoms with Crippen LogP contribution in [0.5, 0.6) is 0 Å². The zero-order valence-electron chi connectivity index (χ0n) is 19.8. The monoisotopic (exact) mass is 503 g/mol. The van der Waals surface area contributed by atoms with Crippen LogP contribution < -0.4 is 39.0 Å². The van der Waals surface area contributed by atoms with Crippen molar-refractivity contribution < 1.29 is 62.5 Å². The number of anilines is 1. The van der Waals surface area contributed by atoms with E-state index < -0.39 is 40.4 Å². The summed E-state index contributed by atoms with van der Waals surface area (Å²) < 4.78 is 38.6. The fourth-order valence-corrected chi connectivity index (χ4v) is 3.41. The molecule has 0 saturated carbocycles. The van der Waals surface area contributed by atoms with E-state index in [9.17, 15) is 32.9 Å². The fraction of sp³-hybridized carbons (Fsp3) is 0.409. The van der Waals surface area contributed by atoms with E-state index in [0.717, 1.165) is 10.6 Å². The molecule has 180 valence electrons. The summed E-state index contributed by atoms with van der Waals surface area (Å²) in [5.74, 6) is -2.14. The molecular weight excluding hydrogens is 476 g/mol. The number of sulfonamides is 1. The van der Waals surface area contributed by atoms with Crippen molar-refractivity contribution in [2.75, 3.05) is 17.6 Å². The molecule has 2 aromatic rings. The first-order valence-corrected chi connectivity index (χ1v) is 12.0. The summed E-state index contributed by atoms with van der Waals surface area (Å²) in [6.45, 7) is 3.69. The number of aliphatic carboxylic acids is 1. The van der Waals surface area contributed by atoms with Crippen LogP contribution in [-0.4, -0.2) is 60.1 Å². The zero-order valence-corrected chi connectivity index (χ0v) is 22.6. The molecule has 1 aromatic heterocycles. The van der Waals surface area contributed by atoms with Gasteiger partial charge in [0.2, 0.25) is 16.0 Å². The van der Waals surface area contributed by atoms with E-state index >= 15 is 0 Å². The molecule has 1 heterocycles. The third-order valence-corrected chi connectivity index (χ3v) is 5.97. The minimum Gasteiger partial charge on any atom is -0.550 e. The van der Waals surface area contributed by atoms with E-state index in [1.165, 1.54) is 43.5 Å². The average Bonchev–Trinajstić information content (AvgIpc) is 2.70. The Bertz CT molecular complexity index is 1130. The van der Waals surface area contributed by atoms with Crippen LogP contribution in [0.25, 0.3) is 17.3 Å². The predicted octanol–water partition coefficient (Wildman–Crippen LogP) is -1.93. The second-order valence-corrected chi connectivity index (χ2v) is 9.97.